The average Bonchev–Trinajstić information content (AvgIpc) is 2.67. The summed E-state index contributed by atoms with van der Waals surface area (Å²) in [6, 6.07) is 9.55. The van der Waals surface area contributed by atoms with Crippen molar-refractivity contribution >= 4 is 28.5 Å². The first-order valence-electron chi connectivity index (χ1n) is 9.09. The van der Waals surface area contributed by atoms with Gasteiger partial charge in [-0.2, -0.15) is 4.65 Å². The first-order chi connectivity index (χ1) is 13.4. The van der Waals surface area contributed by atoms with Crippen molar-refractivity contribution in [2.75, 3.05) is 44.9 Å². The lowest BCUT2D eigenvalue weighted by Crippen LogP contribution is -2.62. The minimum absolute atomic E-state index is 0.0808. The maximum Gasteiger partial charge on any atom is 0.278 e. The quantitative estimate of drug-likeness (QED) is 0.511. The molecule has 1 amide bonds. The van der Waals surface area contributed by atoms with Gasteiger partial charge in [-0.1, -0.05) is 30.3 Å². The van der Waals surface area contributed by atoms with Gasteiger partial charge in [-0.15, -0.1) is 0 Å². The molecule has 8 nitrogen and oxygen atoms in total. The van der Waals surface area contributed by atoms with Gasteiger partial charge in [-0.05, 0) is 28.2 Å². The van der Waals surface area contributed by atoms with Gasteiger partial charge >= 0.3 is 0 Å². The Morgan fingerprint density at radius 2 is 1.89 bits per heavy atom. The number of hydrogen-bond donors (Lipinski definition) is 1. The number of benzene rings is 1. The van der Waals surface area contributed by atoms with Crippen molar-refractivity contribution in [1.82, 2.24) is 9.58 Å². The number of carbonyl (C=O) groups excluding carboxylic acids is 1. The van der Waals surface area contributed by atoms with E-state index in [2.05, 4.69) is 0 Å². The van der Waals surface area contributed by atoms with Crippen LogP contribution in [0.15, 0.2) is 41.3 Å². The minimum atomic E-state index is -0.280. The predicted molar refractivity (Wildman–Crippen MR) is 111 cm³/mol. The summed E-state index contributed by atoms with van der Waals surface area (Å²) in [5, 5.41) is 12.4. The second kappa shape index (κ2) is 7.37. The number of likely N-dealkylation sites (N-methyl/N-ethyl adjacent to an activating group) is 1. The molecule has 2 aliphatic heterocycles. The molecular weight excluding hydrogens is 475 g/mol. The van der Waals surface area contributed by atoms with Crippen molar-refractivity contribution in [3.63, 3.8) is 0 Å². The van der Waals surface area contributed by atoms with Crippen molar-refractivity contribution in [3.8, 4) is 5.75 Å². The molecule has 0 spiro atoms. The van der Waals surface area contributed by atoms with Crippen LogP contribution in [-0.2, 0) is 6.61 Å². The van der Waals surface area contributed by atoms with E-state index in [-0.39, 0.29) is 34.0 Å². The predicted octanol–water partition coefficient (Wildman–Crippen LogP) is 1.23. The van der Waals surface area contributed by atoms with E-state index in [0.29, 0.717) is 36.4 Å². The fraction of sp³-hybridized carbons (Fsp3) is 0.368. The van der Waals surface area contributed by atoms with E-state index in [9.17, 15) is 14.8 Å². The highest BCUT2D eigenvalue weighted by molar-refractivity contribution is 14.1. The SMILES string of the molecule is C[N+]1(O)CCN2CN(CC1)n1cc(I)c(=O)c(OCc3ccccc3)c1C2=O. The van der Waals surface area contributed by atoms with Crippen LogP contribution in [0, 0.1) is 3.57 Å². The molecule has 1 unspecified atom stereocenters. The minimum Gasteiger partial charge on any atom is -0.482 e. The lowest BCUT2D eigenvalue weighted by atomic mass is 10.2. The normalized spacial score (nSPS) is 21.8. The van der Waals surface area contributed by atoms with Gasteiger partial charge in [0, 0.05) is 6.20 Å². The summed E-state index contributed by atoms with van der Waals surface area (Å²) >= 11 is 1.97. The Bertz CT molecular complexity index is 960. The highest BCUT2D eigenvalue weighted by Crippen LogP contribution is 2.24. The summed E-state index contributed by atoms with van der Waals surface area (Å²) < 4.78 is 7.93. The molecule has 2 aliphatic rings. The second-order valence-electron chi connectivity index (χ2n) is 7.33. The van der Waals surface area contributed by atoms with E-state index in [0.717, 1.165) is 5.56 Å². The fourth-order valence-corrected chi connectivity index (χ4v) is 3.95. The first kappa shape index (κ1) is 19.2. The number of aromatic nitrogens is 1. The van der Waals surface area contributed by atoms with Gasteiger partial charge in [-0.3, -0.25) is 19.3 Å². The van der Waals surface area contributed by atoms with Crippen LogP contribution < -0.4 is 15.2 Å². The zero-order valence-electron chi connectivity index (χ0n) is 15.5. The molecular formula is C19H22IN4O4+. The van der Waals surface area contributed by atoms with Crippen LogP contribution in [-0.4, -0.2) is 65.2 Å². The number of rotatable bonds is 3. The summed E-state index contributed by atoms with van der Waals surface area (Å²) in [4.78, 5) is 27.6. The molecule has 0 saturated carbocycles. The third kappa shape index (κ3) is 3.61. The molecule has 2 bridgehead atoms. The molecule has 0 aliphatic carbocycles. The van der Waals surface area contributed by atoms with Crippen LogP contribution in [0.5, 0.6) is 5.75 Å². The van der Waals surface area contributed by atoms with Gasteiger partial charge in [0.1, 0.15) is 26.4 Å². The van der Waals surface area contributed by atoms with Crippen LogP contribution in [0.25, 0.3) is 0 Å². The Morgan fingerprint density at radius 1 is 1.18 bits per heavy atom. The van der Waals surface area contributed by atoms with Crippen molar-refractivity contribution in [3.05, 3.63) is 61.6 Å². The molecule has 148 valence electrons. The maximum atomic E-state index is 13.2. The lowest BCUT2D eigenvalue weighted by molar-refractivity contribution is -1.09. The molecule has 1 atom stereocenters. The average molecular weight is 497 g/mol. The van der Waals surface area contributed by atoms with Gasteiger partial charge in [-0.25, -0.2) is 5.21 Å². The van der Waals surface area contributed by atoms with E-state index in [1.54, 1.807) is 22.8 Å². The van der Waals surface area contributed by atoms with Crippen LogP contribution in [0.2, 0.25) is 0 Å². The molecule has 4 rings (SSSR count). The van der Waals surface area contributed by atoms with Crippen LogP contribution in [0.3, 0.4) is 0 Å². The van der Waals surface area contributed by atoms with Crippen molar-refractivity contribution < 1.29 is 19.4 Å². The zero-order valence-corrected chi connectivity index (χ0v) is 17.7. The van der Waals surface area contributed by atoms with Crippen LogP contribution >= 0.6 is 22.6 Å². The number of halogens is 1. The molecule has 2 aromatic rings. The van der Waals surface area contributed by atoms with Crippen molar-refractivity contribution in [2.45, 2.75) is 6.61 Å². The van der Waals surface area contributed by atoms with Crippen LogP contribution in [0.4, 0.5) is 0 Å². The Morgan fingerprint density at radius 3 is 2.64 bits per heavy atom. The van der Waals surface area contributed by atoms with Gasteiger partial charge in [0.2, 0.25) is 5.43 Å². The van der Waals surface area contributed by atoms with Gasteiger partial charge in [0.15, 0.2) is 11.4 Å². The van der Waals surface area contributed by atoms with Crippen molar-refractivity contribution in [1.29, 1.82) is 0 Å². The number of carbonyl (C=O) groups is 1. The summed E-state index contributed by atoms with van der Waals surface area (Å²) in [5.74, 6) is -0.174. The third-order valence-electron chi connectivity index (χ3n) is 5.15. The van der Waals surface area contributed by atoms with E-state index < -0.39 is 0 Å². The Balaban J connectivity index is 1.75. The van der Waals surface area contributed by atoms with Gasteiger partial charge in [0.05, 0.1) is 23.7 Å². The van der Waals surface area contributed by atoms with Gasteiger partial charge in [0.25, 0.3) is 5.91 Å². The molecule has 0 radical (unpaired) electrons. The number of pyridine rings is 1. The third-order valence-corrected chi connectivity index (χ3v) is 5.92. The molecule has 1 saturated heterocycles. The van der Waals surface area contributed by atoms with E-state index in [1.807, 2.05) is 57.9 Å². The summed E-state index contributed by atoms with van der Waals surface area (Å²) in [7, 11) is 1.73. The highest BCUT2D eigenvalue weighted by atomic mass is 127. The topological polar surface area (TPSA) is 75.0 Å². The monoisotopic (exact) mass is 497 g/mol. The largest absolute Gasteiger partial charge is 0.482 e. The number of ether oxygens (including phenoxy) is 1. The molecule has 3 heterocycles. The highest BCUT2D eigenvalue weighted by Gasteiger charge is 2.37. The molecule has 9 heteroatoms. The number of quaternary nitrogens is 1. The molecule has 1 aromatic heterocycles. The van der Waals surface area contributed by atoms with Crippen LogP contribution in [0.1, 0.15) is 16.1 Å². The fourth-order valence-electron chi connectivity index (χ4n) is 3.44. The molecule has 1 aromatic carbocycles. The van der Waals surface area contributed by atoms with Crippen molar-refractivity contribution in [2.24, 2.45) is 0 Å². The molecule has 1 fully saturated rings. The number of hydrogen-bond acceptors (Lipinski definition) is 5. The molecule has 28 heavy (non-hydrogen) atoms. The maximum absolute atomic E-state index is 13.2. The second-order valence-corrected chi connectivity index (χ2v) is 8.49. The Hall–Kier alpha value is -2.11. The Labute approximate surface area is 176 Å². The summed E-state index contributed by atoms with van der Waals surface area (Å²) in [5.41, 5.74) is 0.894. The first-order valence-corrected chi connectivity index (χ1v) is 10.2. The standard InChI is InChI=1S/C19H22IN4O4/c1-24(27)9-7-21-13-22(8-10-24)23-11-15(20)17(25)18(16(23)19(21)26)28-12-14-5-3-2-4-6-14/h2-6,11,27H,7-10,12-13H2,1H3/q+1. The number of fused-ring (bicyclic) bond motifs is 4. The van der Waals surface area contributed by atoms with E-state index in [1.165, 1.54) is 0 Å². The van der Waals surface area contributed by atoms with E-state index >= 15 is 0 Å². The van der Waals surface area contributed by atoms with Gasteiger partial charge < -0.3 is 9.64 Å². The number of hydroxylamine groups is 3. The van der Waals surface area contributed by atoms with E-state index in [4.69, 9.17) is 4.74 Å². The Kier molecular flexibility index (Phi) is 5.06. The number of nitrogens with zero attached hydrogens (tertiary/aromatic N) is 4. The lowest BCUT2D eigenvalue weighted by Gasteiger charge is -2.43. The summed E-state index contributed by atoms with van der Waals surface area (Å²) in [6.45, 7) is 2.53. The zero-order chi connectivity index (χ0) is 19.9. The molecule has 1 N–H and O–H groups in total. The smallest absolute Gasteiger partial charge is 0.278 e. The summed E-state index contributed by atoms with van der Waals surface area (Å²) in [6.07, 6.45) is 1.67. The number of amides is 1.